The van der Waals surface area contributed by atoms with Crippen LogP contribution in [0.25, 0.3) is 5.76 Å². The van der Waals surface area contributed by atoms with Crippen LogP contribution >= 0.6 is 11.6 Å². The lowest BCUT2D eigenvalue weighted by Crippen LogP contribution is -2.29. The van der Waals surface area contributed by atoms with E-state index in [0.717, 1.165) is 5.56 Å². The van der Waals surface area contributed by atoms with E-state index in [1.165, 1.54) is 4.90 Å². The second-order valence-corrected chi connectivity index (χ2v) is 7.95. The summed E-state index contributed by atoms with van der Waals surface area (Å²) in [5.74, 6) is -1.01. The number of nitrogens with zero attached hydrogens (tertiary/aromatic N) is 1. The molecule has 3 aromatic rings. The Morgan fingerprint density at radius 2 is 1.72 bits per heavy atom. The third-order valence-electron chi connectivity index (χ3n) is 5.36. The zero-order valence-electron chi connectivity index (χ0n) is 17.7. The molecule has 162 valence electrons. The highest BCUT2D eigenvalue weighted by atomic mass is 35.5. The predicted octanol–water partition coefficient (Wildman–Crippen LogP) is 5.67. The number of hydrogen-bond acceptors (Lipinski definition) is 4. The van der Waals surface area contributed by atoms with E-state index in [1.54, 1.807) is 60.7 Å². The van der Waals surface area contributed by atoms with E-state index in [-0.39, 0.29) is 11.3 Å². The van der Waals surface area contributed by atoms with E-state index in [0.29, 0.717) is 34.2 Å². The second-order valence-electron chi connectivity index (χ2n) is 7.52. The standard InChI is InChI=1S/C26H22ClNO4/c1-3-32-21-13-11-17(12-14-21)23-22(24(29)18-9-7-16(2)8-10-18)25(30)26(31)28(23)20-6-4-5-19(27)15-20/h4-15,23,29H,3H2,1-2H3/b24-22+. The van der Waals surface area contributed by atoms with Crippen LogP contribution in [-0.2, 0) is 9.59 Å². The lowest BCUT2D eigenvalue weighted by atomic mass is 9.95. The van der Waals surface area contributed by atoms with E-state index >= 15 is 0 Å². The summed E-state index contributed by atoms with van der Waals surface area (Å²) in [4.78, 5) is 27.7. The summed E-state index contributed by atoms with van der Waals surface area (Å²) in [6, 6.07) is 20.2. The summed E-state index contributed by atoms with van der Waals surface area (Å²) in [7, 11) is 0. The van der Waals surface area contributed by atoms with Gasteiger partial charge in [-0.25, -0.2) is 0 Å². The molecule has 0 saturated carbocycles. The number of benzene rings is 3. The lowest BCUT2D eigenvalue weighted by Gasteiger charge is -2.25. The number of aliphatic hydroxyl groups is 1. The summed E-state index contributed by atoms with van der Waals surface area (Å²) in [6.07, 6.45) is 0. The Morgan fingerprint density at radius 3 is 2.34 bits per heavy atom. The molecule has 0 aliphatic carbocycles. The average Bonchev–Trinajstić information content (AvgIpc) is 3.05. The maximum Gasteiger partial charge on any atom is 0.300 e. The van der Waals surface area contributed by atoms with Crippen molar-refractivity contribution in [3.63, 3.8) is 0 Å². The van der Waals surface area contributed by atoms with E-state index < -0.39 is 17.7 Å². The summed E-state index contributed by atoms with van der Waals surface area (Å²) in [6.45, 7) is 4.35. The highest BCUT2D eigenvalue weighted by molar-refractivity contribution is 6.51. The number of carbonyl (C=O) groups is 2. The van der Waals surface area contributed by atoms with E-state index in [9.17, 15) is 14.7 Å². The fourth-order valence-electron chi connectivity index (χ4n) is 3.82. The Hall–Kier alpha value is -3.57. The van der Waals surface area contributed by atoms with Gasteiger partial charge in [0.1, 0.15) is 11.5 Å². The molecule has 1 saturated heterocycles. The molecule has 32 heavy (non-hydrogen) atoms. The monoisotopic (exact) mass is 447 g/mol. The van der Waals surface area contributed by atoms with Crippen molar-refractivity contribution in [3.05, 3.63) is 100 Å². The van der Waals surface area contributed by atoms with Crippen LogP contribution in [0.2, 0.25) is 5.02 Å². The van der Waals surface area contributed by atoms with Gasteiger partial charge >= 0.3 is 0 Å². The SMILES string of the molecule is CCOc1ccc(C2/C(=C(\O)c3ccc(C)cc3)C(=O)C(=O)N2c2cccc(Cl)c2)cc1. The topological polar surface area (TPSA) is 66.8 Å². The molecule has 1 N–H and O–H groups in total. The minimum Gasteiger partial charge on any atom is -0.507 e. The first-order valence-electron chi connectivity index (χ1n) is 10.3. The maximum absolute atomic E-state index is 13.1. The Kier molecular flexibility index (Phi) is 6.01. The molecule has 1 aliphatic heterocycles. The van der Waals surface area contributed by atoms with Crippen molar-refractivity contribution in [3.8, 4) is 5.75 Å². The number of aryl methyl sites for hydroxylation is 1. The second kappa shape index (κ2) is 8.89. The van der Waals surface area contributed by atoms with Crippen molar-refractivity contribution < 1.29 is 19.4 Å². The summed E-state index contributed by atoms with van der Waals surface area (Å²) in [5.41, 5.74) is 2.66. The zero-order chi connectivity index (χ0) is 22.8. The van der Waals surface area contributed by atoms with Crippen LogP contribution < -0.4 is 9.64 Å². The van der Waals surface area contributed by atoms with Gasteiger partial charge in [-0.3, -0.25) is 14.5 Å². The number of hydrogen-bond donors (Lipinski definition) is 1. The number of ether oxygens (including phenoxy) is 1. The highest BCUT2D eigenvalue weighted by Crippen LogP contribution is 2.42. The first kappa shape index (κ1) is 21.7. The zero-order valence-corrected chi connectivity index (χ0v) is 18.5. The quantitative estimate of drug-likeness (QED) is 0.310. The smallest absolute Gasteiger partial charge is 0.300 e. The molecule has 1 heterocycles. The molecule has 3 aromatic carbocycles. The van der Waals surface area contributed by atoms with Crippen molar-refractivity contribution in [1.29, 1.82) is 0 Å². The van der Waals surface area contributed by atoms with Crippen molar-refractivity contribution in [2.75, 3.05) is 11.5 Å². The summed E-state index contributed by atoms with van der Waals surface area (Å²) >= 11 is 6.17. The number of carbonyl (C=O) groups excluding carboxylic acids is 2. The van der Waals surface area contributed by atoms with Gasteiger partial charge in [0, 0.05) is 16.3 Å². The fourth-order valence-corrected chi connectivity index (χ4v) is 4.00. The van der Waals surface area contributed by atoms with Gasteiger partial charge in [-0.15, -0.1) is 0 Å². The van der Waals surface area contributed by atoms with Gasteiger partial charge in [-0.05, 0) is 49.7 Å². The third kappa shape index (κ3) is 3.99. The summed E-state index contributed by atoms with van der Waals surface area (Å²) in [5, 5.41) is 11.6. The van der Waals surface area contributed by atoms with Crippen LogP contribution in [0.1, 0.15) is 29.7 Å². The number of amides is 1. The molecular weight excluding hydrogens is 426 g/mol. The third-order valence-corrected chi connectivity index (χ3v) is 5.60. The number of halogens is 1. The molecule has 1 unspecified atom stereocenters. The van der Waals surface area contributed by atoms with Crippen molar-refractivity contribution in [1.82, 2.24) is 0 Å². The van der Waals surface area contributed by atoms with Gasteiger partial charge in [0.15, 0.2) is 0 Å². The van der Waals surface area contributed by atoms with Gasteiger partial charge in [-0.2, -0.15) is 0 Å². The molecule has 0 radical (unpaired) electrons. The Morgan fingerprint density at radius 1 is 1.03 bits per heavy atom. The minimum atomic E-state index is -0.814. The molecular formula is C26H22ClNO4. The minimum absolute atomic E-state index is 0.0305. The van der Waals surface area contributed by atoms with E-state index in [2.05, 4.69) is 0 Å². The van der Waals surface area contributed by atoms with Gasteiger partial charge < -0.3 is 9.84 Å². The van der Waals surface area contributed by atoms with Crippen LogP contribution in [0.5, 0.6) is 5.75 Å². The molecule has 1 fully saturated rings. The number of Topliss-reactive ketones (excluding diaryl/α,β-unsaturated/α-hetero) is 1. The molecule has 1 amide bonds. The molecule has 0 spiro atoms. The predicted molar refractivity (Wildman–Crippen MR) is 125 cm³/mol. The molecule has 1 atom stereocenters. The van der Waals surface area contributed by atoms with Crippen LogP contribution in [0.4, 0.5) is 5.69 Å². The largest absolute Gasteiger partial charge is 0.507 e. The first-order chi connectivity index (χ1) is 15.4. The molecule has 5 nitrogen and oxygen atoms in total. The van der Waals surface area contributed by atoms with Gasteiger partial charge in [0.25, 0.3) is 11.7 Å². The number of anilines is 1. The van der Waals surface area contributed by atoms with Crippen LogP contribution in [0.15, 0.2) is 78.4 Å². The van der Waals surface area contributed by atoms with Crippen LogP contribution in [-0.4, -0.2) is 23.4 Å². The van der Waals surface area contributed by atoms with Crippen LogP contribution in [0.3, 0.4) is 0 Å². The van der Waals surface area contributed by atoms with Gasteiger partial charge in [0.05, 0.1) is 18.2 Å². The van der Waals surface area contributed by atoms with Crippen LogP contribution in [0, 0.1) is 6.92 Å². The fraction of sp³-hybridized carbons (Fsp3) is 0.154. The number of aliphatic hydroxyl groups excluding tert-OH is 1. The Balaban J connectivity index is 1.91. The number of rotatable bonds is 5. The molecule has 4 rings (SSSR count). The molecule has 0 bridgehead atoms. The lowest BCUT2D eigenvalue weighted by molar-refractivity contribution is -0.132. The van der Waals surface area contributed by atoms with Crippen molar-refractivity contribution >= 4 is 34.7 Å². The van der Waals surface area contributed by atoms with E-state index in [1.807, 2.05) is 26.0 Å². The molecule has 6 heteroatoms. The Bertz CT molecular complexity index is 1200. The molecule has 1 aliphatic rings. The number of ketones is 1. The Labute approximate surface area is 191 Å². The maximum atomic E-state index is 13.1. The van der Waals surface area contributed by atoms with Gasteiger partial charge in [0.2, 0.25) is 0 Å². The van der Waals surface area contributed by atoms with Crippen molar-refractivity contribution in [2.24, 2.45) is 0 Å². The average molecular weight is 448 g/mol. The highest BCUT2D eigenvalue weighted by Gasteiger charge is 2.47. The van der Waals surface area contributed by atoms with Gasteiger partial charge in [-0.1, -0.05) is 59.6 Å². The molecule has 0 aromatic heterocycles. The normalized spacial score (nSPS) is 17.6. The first-order valence-corrected chi connectivity index (χ1v) is 10.6. The van der Waals surface area contributed by atoms with Crippen molar-refractivity contribution in [2.45, 2.75) is 19.9 Å². The summed E-state index contributed by atoms with van der Waals surface area (Å²) < 4.78 is 5.52. The van der Waals surface area contributed by atoms with E-state index in [4.69, 9.17) is 16.3 Å².